The normalized spacial score (nSPS) is 14.8. The predicted octanol–water partition coefficient (Wildman–Crippen LogP) is 5.67. The molecule has 0 aliphatic rings. The summed E-state index contributed by atoms with van der Waals surface area (Å²) in [6, 6.07) is -0.145. The Morgan fingerprint density at radius 3 is 2.35 bits per heavy atom. The Kier molecular flexibility index (Phi) is 10.9. The molecule has 0 fully saturated rings. The van der Waals surface area contributed by atoms with Crippen molar-refractivity contribution >= 4 is 6.09 Å². The molecule has 0 aromatic heterocycles. The summed E-state index contributed by atoms with van der Waals surface area (Å²) in [4.78, 5) is 14.6. The lowest BCUT2D eigenvalue weighted by Gasteiger charge is -2.34. The molecule has 148 valence electrons. The number of carbonyl (C=O) groups excluding carboxylic acids is 1. The van der Waals surface area contributed by atoms with Crippen LogP contribution in [0.5, 0.6) is 0 Å². The van der Waals surface area contributed by atoms with Gasteiger partial charge in [-0.25, -0.2) is 4.79 Å². The van der Waals surface area contributed by atoms with Crippen molar-refractivity contribution in [3.05, 3.63) is 48.6 Å². The molecule has 0 radical (unpaired) electrons. The first-order valence-electron chi connectivity index (χ1n) is 9.26. The van der Waals surface area contributed by atoms with Crippen LogP contribution in [0.4, 0.5) is 4.79 Å². The van der Waals surface area contributed by atoms with Crippen LogP contribution in [0.25, 0.3) is 0 Å². The first-order valence-corrected chi connectivity index (χ1v) is 9.26. The van der Waals surface area contributed by atoms with E-state index in [9.17, 15) is 4.79 Å². The Morgan fingerprint density at radius 1 is 1.31 bits per heavy atom. The lowest BCUT2D eigenvalue weighted by Crippen LogP contribution is -2.46. The second-order valence-corrected chi connectivity index (χ2v) is 7.49. The number of nitrogens with zero attached hydrogens (tertiary/aromatic N) is 1. The summed E-state index contributed by atoms with van der Waals surface area (Å²) in [5, 5.41) is 0. The van der Waals surface area contributed by atoms with Gasteiger partial charge in [0.15, 0.2) is 0 Å². The average Bonchev–Trinajstić information content (AvgIpc) is 2.53. The molecule has 0 saturated heterocycles. The third-order valence-electron chi connectivity index (χ3n) is 3.76. The summed E-state index contributed by atoms with van der Waals surface area (Å²) in [5.74, 6) is 0. The minimum Gasteiger partial charge on any atom is -0.444 e. The Labute approximate surface area is 160 Å². The Balaban J connectivity index is 5.51. The van der Waals surface area contributed by atoms with E-state index < -0.39 is 5.60 Å². The summed E-state index contributed by atoms with van der Waals surface area (Å²) in [6.07, 6.45) is 7.93. The molecule has 0 aliphatic carbocycles. The van der Waals surface area contributed by atoms with Gasteiger partial charge in [-0.1, -0.05) is 50.0 Å². The van der Waals surface area contributed by atoms with Gasteiger partial charge in [-0.3, -0.25) is 4.90 Å². The van der Waals surface area contributed by atoms with Crippen LogP contribution in [0.3, 0.4) is 0 Å². The molecule has 2 atom stereocenters. The maximum atomic E-state index is 12.8. The van der Waals surface area contributed by atoms with E-state index in [0.717, 1.165) is 17.6 Å². The van der Waals surface area contributed by atoms with Crippen LogP contribution in [-0.4, -0.2) is 41.9 Å². The summed E-state index contributed by atoms with van der Waals surface area (Å²) in [6.45, 7) is 22.1. The van der Waals surface area contributed by atoms with Gasteiger partial charge in [-0.2, -0.15) is 0 Å². The van der Waals surface area contributed by atoms with Crippen molar-refractivity contribution in [1.29, 1.82) is 0 Å². The van der Waals surface area contributed by atoms with Crippen molar-refractivity contribution in [3.8, 4) is 0 Å². The fraction of sp³-hybridized carbons (Fsp3) is 0.591. The largest absolute Gasteiger partial charge is 0.444 e. The lowest BCUT2D eigenvalue weighted by molar-refractivity contribution is -0.00428. The van der Waals surface area contributed by atoms with E-state index in [1.165, 1.54) is 0 Å². The highest BCUT2D eigenvalue weighted by atomic mass is 16.6. The zero-order chi connectivity index (χ0) is 20.3. The first-order chi connectivity index (χ1) is 12.1. The quantitative estimate of drug-likeness (QED) is 0.371. The van der Waals surface area contributed by atoms with Gasteiger partial charge >= 0.3 is 6.09 Å². The number of amides is 1. The van der Waals surface area contributed by atoms with Crippen LogP contribution in [0.15, 0.2) is 48.6 Å². The van der Waals surface area contributed by atoms with Crippen molar-refractivity contribution < 1.29 is 14.3 Å². The summed E-state index contributed by atoms with van der Waals surface area (Å²) in [5.41, 5.74) is 1.43. The van der Waals surface area contributed by atoms with Crippen molar-refractivity contribution in [3.63, 3.8) is 0 Å². The van der Waals surface area contributed by atoms with Gasteiger partial charge < -0.3 is 9.47 Å². The molecule has 4 nitrogen and oxygen atoms in total. The summed E-state index contributed by atoms with van der Waals surface area (Å²) in [7, 11) is 0. The van der Waals surface area contributed by atoms with Gasteiger partial charge in [0.25, 0.3) is 0 Å². The number of hydrogen-bond donors (Lipinski definition) is 0. The SMILES string of the molecule is C=C/C=C\C(=C/C)[C@@H](C)N(CC(CC)OCC(=C)C)C(=O)OC(C)(C)C. The smallest absolute Gasteiger partial charge is 0.410 e. The molecule has 0 heterocycles. The van der Waals surface area contributed by atoms with E-state index >= 15 is 0 Å². The van der Waals surface area contributed by atoms with Crippen LogP contribution in [0, 0.1) is 0 Å². The van der Waals surface area contributed by atoms with Crippen LogP contribution >= 0.6 is 0 Å². The van der Waals surface area contributed by atoms with Crippen LogP contribution in [0.2, 0.25) is 0 Å². The van der Waals surface area contributed by atoms with Gasteiger partial charge in [0.2, 0.25) is 0 Å². The second kappa shape index (κ2) is 11.7. The zero-order valence-electron chi connectivity index (χ0n) is 17.7. The third-order valence-corrected chi connectivity index (χ3v) is 3.76. The fourth-order valence-electron chi connectivity index (χ4n) is 2.33. The van der Waals surface area contributed by atoms with Gasteiger partial charge in [-0.15, -0.1) is 0 Å². The molecule has 0 spiro atoms. The highest BCUT2D eigenvalue weighted by Crippen LogP contribution is 2.19. The van der Waals surface area contributed by atoms with Gasteiger partial charge in [0, 0.05) is 0 Å². The van der Waals surface area contributed by atoms with Crippen molar-refractivity contribution in [2.45, 2.75) is 72.6 Å². The highest BCUT2D eigenvalue weighted by molar-refractivity contribution is 5.69. The van der Waals surface area contributed by atoms with Gasteiger partial charge in [0.05, 0.1) is 25.3 Å². The molecule has 4 heteroatoms. The second-order valence-electron chi connectivity index (χ2n) is 7.49. The number of rotatable bonds is 10. The lowest BCUT2D eigenvalue weighted by atomic mass is 10.1. The maximum Gasteiger partial charge on any atom is 0.410 e. The van der Waals surface area contributed by atoms with E-state index in [1.54, 1.807) is 11.0 Å². The Morgan fingerprint density at radius 2 is 1.92 bits per heavy atom. The molecule has 0 aromatic rings. The predicted molar refractivity (Wildman–Crippen MR) is 110 cm³/mol. The van der Waals surface area contributed by atoms with E-state index in [0.29, 0.717) is 13.2 Å². The highest BCUT2D eigenvalue weighted by Gasteiger charge is 2.29. The maximum absolute atomic E-state index is 12.8. The van der Waals surface area contributed by atoms with E-state index in [4.69, 9.17) is 9.47 Å². The molecule has 0 saturated carbocycles. The topological polar surface area (TPSA) is 38.8 Å². The van der Waals surface area contributed by atoms with Crippen molar-refractivity contribution in [1.82, 2.24) is 4.90 Å². The number of allylic oxidation sites excluding steroid dienone is 3. The zero-order valence-corrected chi connectivity index (χ0v) is 17.7. The third kappa shape index (κ3) is 9.62. The van der Waals surface area contributed by atoms with Crippen LogP contribution < -0.4 is 0 Å². The summed E-state index contributed by atoms with van der Waals surface area (Å²) < 4.78 is 11.5. The van der Waals surface area contributed by atoms with E-state index in [1.807, 2.05) is 59.8 Å². The number of ether oxygens (including phenoxy) is 2. The standard InChI is InChI=1S/C22H37NO3/c1-10-13-14-19(11-2)18(6)23(21(24)26-22(7,8)9)15-20(12-3)25-16-17(4)5/h10-11,13-14,18,20H,1,4,12,15-16H2,2-3,5-9H3/b14-13-,19-11+/t18-,20?/m1/s1. The molecular weight excluding hydrogens is 326 g/mol. The van der Waals surface area contributed by atoms with Crippen molar-refractivity contribution in [2.75, 3.05) is 13.2 Å². The van der Waals surface area contributed by atoms with E-state index in [2.05, 4.69) is 20.1 Å². The molecule has 1 unspecified atom stereocenters. The minimum atomic E-state index is -0.553. The number of hydrogen-bond acceptors (Lipinski definition) is 3. The Hall–Kier alpha value is -1.81. The molecule has 0 aliphatic heterocycles. The van der Waals surface area contributed by atoms with Crippen LogP contribution in [-0.2, 0) is 9.47 Å². The average molecular weight is 364 g/mol. The Bertz CT molecular complexity index is 526. The molecule has 0 N–H and O–H groups in total. The number of carbonyl (C=O) groups is 1. The molecular formula is C22H37NO3. The van der Waals surface area contributed by atoms with Gasteiger partial charge in [-0.05, 0) is 53.5 Å². The first kappa shape index (κ1) is 24.2. The van der Waals surface area contributed by atoms with Crippen LogP contribution in [0.1, 0.15) is 54.9 Å². The molecule has 0 rings (SSSR count). The molecule has 26 heavy (non-hydrogen) atoms. The molecule has 1 amide bonds. The van der Waals surface area contributed by atoms with Gasteiger partial charge in [0.1, 0.15) is 5.60 Å². The molecule has 0 bridgehead atoms. The summed E-state index contributed by atoms with van der Waals surface area (Å²) >= 11 is 0. The van der Waals surface area contributed by atoms with E-state index in [-0.39, 0.29) is 18.2 Å². The fourth-order valence-corrected chi connectivity index (χ4v) is 2.33. The minimum absolute atomic E-state index is 0.0804. The molecule has 0 aromatic carbocycles. The monoisotopic (exact) mass is 363 g/mol. The van der Waals surface area contributed by atoms with Crippen molar-refractivity contribution in [2.24, 2.45) is 0 Å².